The van der Waals surface area contributed by atoms with Crippen LogP contribution in [0.4, 0.5) is 17.3 Å². The van der Waals surface area contributed by atoms with Crippen molar-refractivity contribution in [1.29, 1.82) is 0 Å². The number of morpholine rings is 1. The van der Waals surface area contributed by atoms with Crippen LogP contribution in [0.2, 0.25) is 0 Å². The van der Waals surface area contributed by atoms with E-state index in [1.807, 2.05) is 4.90 Å². The number of carbonyl (C=O) groups is 2. The number of nitrogens with zero attached hydrogens (tertiary/aromatic N) is 3. The minimum Gasteiger partial charge on any atom is -0.378 e. The Morgan fingerprint density at radius 1 is 1.08 bits per heavy atom. The standard InChI is InChI=1S/C17H19N5O3/c1-12(23)20-14-3-2-4-15(9-14)21-16(24)13-10-18-17(19-11-13)22-5-7-25-8-6-22/h2-4,9-11H,5-8H2,1H3,(H,20,23)(H,21,24). The Morgan fingerprint density at radius 2 is 1.72 bits per heavy atom. The van der Waals surface area contributed by atoms with Crippen LogP contribution in [0.25, 0.3) is 0 Å². The summed E-state index contributed by atoms with van der Waals surface area (Å²) in [5.41, 5.74) is 1.56. The van der Waals surface area contributed by atoms with Crippen LogP contribution in [0.3, 0.4) is 0 Å². The quantitative estimate of drug-likeness (QED) is 0.875. The normalized spacial score (nSPS) is 14.0. The van der Waals surface area contributed by atoms with Gasteiger partial charge >= 0.3 is 0 Å². The largest absolute Gasteiger partial charge is 0.378 e. The number of benzene rings is 1. The molecule has 8 heteroatoms. The first-order valence-electron chi connectivity index (χ1n) is 7.95. The molecule has 2 amide bonds. The molecule has 3 rings (SSSR count). The summed E-state index contributed by atoms with van der Waals surface area (Å²) in [5, 5.41) is 5.44. The number of hydrogen-bond donors (Lipinski definition) is 2. The Balaban J connectivity index is 1.65. The van der Waals surface area contributed by atoms with E-state index in [0.29, 0.717) is 36.1 Å². The number of rotatable bonds is 4. The molecule has 0 spiro atoms. The van der Waals surface area contributed by atoms with Gasteiger partial charge in [0, 0.05) is 43.8 Å². The fraction of sp³-hybridized carbons (Fsp3) is 0.294. The highest BCUT2D eigenvalue weighted by Gasteiger charge is 2.15. The van der Waals surface area contributed by atoms with Crippen LogP contribution >= 0.6 is 0 Å². The summed E-state index contributed by atoms with van der Waals surface area (Å²) in [6.07, 6.45) is 3.01. The van der Waals surface area contributed by atoms with Crippen molar-refractivity contribution in [1.82, 2.24) is 9.97 Å². The maximum absolute atomic E-state index is 12.3. The Bertz CT molecular complexity index is 757. The third kappa shape index (κ3) is 4.51. The molecule has 8 nitrogen and oxygen atoms in total. The van der Waals surface area contributed by atoms with E-state index in [1.54, 1.807) is 24.3 Å². The molecule has 0 saturated carbocycles. The van der Waals surface area contributed by atoms with Gasteiger partial charge in [0.1, 0.15) is 0 Å². The van der Waals surface area contributed by atoms with Gasteiger partial charge in [-0.3, -0.25) is 9.59 Å². The third-order valence-corrected chi connectivity index (χ3v) is 3.64. The lowest BCUT2D eigenvalue weighted by Gasteiger charge is -2.26. The highest BCUT2D eigenvalue weighted by Crippen LogP contribution is 2.16. The van der Waals surface area contributed by atoms with E-state index in [-0.39, 0.29) is 11.8 Å². The summed E-state index contributed by atoms with van der Waals surface area (Å²) < 4.78 is 5.30. The SMILES string of the molecule is CC(=O)Nc1cccc(NC(=O)c2cnc(N3CCOCC3)nc2)c1. The molecular formula is C17H19N5O3. The van der Waals surface area contributed by atoms with Crippen LogP contribution in [0.5, 0.6) is 0 Å². The molecule has 1 aromatic heterocycles. The third-order valence-electron chi connectivity index (χ3n) is 3.64. The molecule has 2 aromatic rings. The van der Waals surface area contributed by atoms with Gasteiger partial charge in [0.05, 0.1) is 18.8 Å². The lowest BCUT2D eigenvalue weighted by molar-refractivity contribution is -0.114. The van der Waals surface area contributed by atoms with Crippen LogP contribution < -0.4 is 15.5 Å². The van der Waals surface area contributed by atoms with Crippen molar-refractivity contribution in [3.63, 3.8) is 0 Å². The summed E-state index contributed by atoms with van der Waals surface area (Å²) in [6.45, 7) is 4.20. The average Bonchev–Trinajstić information content (AvgIpc) is 2.62. The van der Waals surface area contributed by atoms with E-state index in [9.17, 15) is 9.59 Å². The second-order valence-electron chi connectivity index (χ2n) is 5.59. The van der Waals surface area contributed by atoms with Gasteiger partial charge in [0.15, 0.2) is 0 Å². The van der Waals surface area contributed by atoms with Gasteiger partial charge in [-0.05, 0) is 18.2 Å². The monoisotopic (exact) mass is 341 g/mol. The van der Waals surface area contributed by atoms with Gasteiger partial charge in [-0.1, -0.05) is 6.07 Å². The smallest absolute Gasteiger partial charge is 0.258 e. The van der Waals surface area contributed by atoms with E-state index in [1.165, 1.54) is 19.3 Å². The second-order valence-corrected chi connectivity index (χ2v) is 5.59. The Labute approximate surface area is 145 Å². The van der Waals surface area contributed by atoms with Gasteiger partial charge in [-0.25, -0.2) is 9.97 Å². The zero-order valence-corrected chi connectivity index (χ0v) is 13.9. The molecule has 1 aromatic carbocycles. The molecule has 0 bridgehead atoms. The lowest BCUT2D eigenvalue weighted by Crippen LogP contribution is -2.37. The molecule has 1 aliphatic rings. The van der Waals surface area contributed by atoms with Gasteiger partial charge in [0.25, 0.3) is 5.91 Å². The first-order chi connectivity index (χ1) is 12.1. The Morgan fingerprint density at radius 3 is 2.36 bits per heavy atom. The number of ether oxygens (including phenoxy) is 1. The van der Waals surface area contributed by atoms with E-state index in [0.717, 1.165) is 13.1 Å². The summed E-state index contributed by atoms with van der Waals surface area (Å²) in [7, 11) is 0. The van der Waals surface area contributed by atoms with Gasteiger partial charge in [0.2, 0.25) is 11.9 Å². The average molecular weight is 341 g/mol. The molecule has 1 aliphatic heterocycles. The fourth-order valence-electron chi connectivity index (χ4n) is 2.45. The first kappa shape index (κ1) is 16.8. The number of amides is 2. The van der Waals surface area contributed by atoms with Gasteiger partial charge in [-0.15, -0.1) is 0 Å². The van der Waals surface area contributed by atoms with E-state index >= 15 is 0 Å². The summed E-state index contributed by atoms with van der Waals surface area (Å²) in [6, 6.07) is 6.92. The van der Waals surface area contributed by atoms with Crippen LogP contribution in [-0.2, 0) is 9.53 Å². The lowest BCUT2D eigenvalue weighted by atomic mass is 10.2. The van der Waals surface area contributed by atoms with Crippen molar-refractivity contribution in [2.24, 2.45) is 0 Å². The molecular weight excluding hydrogens is 322 g/mol. The van der Waals surface area contributed by atoms with Crippen molar-refractivity contribution in [2.45, 2.75) is 6.92 Å². The molecule has 0 atom stereocenters. The predicted molar refractivity (Wildman–Crippen MR) is 93.8 cm³/mol. The highest BCUT2D eigenvalue weighted by molar-refractivity contribution is 6.04. The molecule has 1 fully saturated rings. The molecule has 25 heavy (non-hydrogen) atoms. The summed E-state index contributed by atoms with van der Waals surface area (Å²) in [4.78, 5) is 34.0. The first-order valence-corrected chi connectivity index (χ1v) is 7.95. The van der Waals surface area contributed by atoms with Crippen molar-refractivity contribution in [2.75, 3.05) is 41.8 Å². The molecule has 2 N–H and O–H groups in total. The van der Waals surface area contributed by atoms with Crippen LogP contribution in [0, 0.1) is 0 Å². The van der Waals surface area contributed by atoms with Crippen LogP contribution in [0.1, 0.15) is 17.3 Å². The van der Waals surface area contributed by atoms with E-state index in [4.69, 9.17) is 4.74 Å². The number of aromatic nitrogens is 2. The zero-order chi connectivity index (χ0) is 17.6. The van der Waals surface area contributed by atoms with E-state index < -0.39 is 0 Å². The van der Waals surface area contributed by atoms with Crippen molar-refractivity contribution in [3.8, 4) is 0 Å². The summed E-state index contributed by atoms with van der Waals surface area (Å²) in [5.74, 6) is 0.108. The maximum atomic E-state index is 12.3. The van der Waals surface area contributed by atoms with Crippen LogP contribution in [0.15, 0.2) is 36.7 Å². The predicted octanol–water partition coefficient (Wildman–Crippen LogP) is 1.52. The van der Waals surface area contributed by atoms with Crippen LogP contribution in [-0.4, -0.2) is 48.1 Å². The fourth-order valence-corrected chi connectivity index (χ4v) is 2.45. The Hall–Kier alpha value is -3.00. The molecule has 130 valence electrons. The van der Waals surface area contributed by atoms with Crippen molar-refractivity contribution >= 4 is 29.1 Å². The minimum absolute atomic E-state index is 0.171. The Kier molecular flexibility index (Phi) is 5.20. The number of hydrogen-bond acceptors (Lipinski definition) is 6. The van der Waals surface area contributed by atoms with E-state index in [2.05, 4.69) is 20.6 Å². The molecule has 1 saturated heterocycles. The number of carbonyl (C=O) groups excluding carboxylic acids is 2. The van der Waals surface area contributed by atoms with Gasteiger partial charge < -0.3 is 20.3 Å². The molecule has 0 unspecified atom stereocenters. The van der Waals surface area contributed by atoms with Gasteiger partial charge in [-0.2, -0.15) is 0 Å². The molecule has 0 aliphatic carbocycles. The van der Waals surface area contributed by atoms with Crippen molar-refractivity contribution in [3.05, 3.63) is 42.2 Å². The minimum atomic E-state index is -0.312. The van der Waals surface area contributed by atoms with Crippen molar-refractivity contribution < 1.29 is 14.3 Å². The maximum Gasteiger partial charge on any atom is 0.258 e. The number of anilines is 3. The topological polar surface area (TPSA) is 96.5 Å². The second kappa shape index (κ2) is 7.71. The summed E-state index contributed by atoms with van der Waals surface area (Å²) >= 11 is 0. The zero-order valence-electron chi connectivity index (χ0n) is 13.9. The molecule has 2 heterocycles. The highest BCUT2D eigenvalue weighted by atomic mass is 16.5. The number of nitrogens with one attached hydrogen (secondary N) is 2. The molecule has 0 radical (unpaired) electrons.